The second kappa shape index (κ2) is 7.55. The van der Waals surface area contributed by atoms with Gasteiger partial charge in [-0.25, -0.2) is 4.52 Å². The molecule has 0 saturated carbocycles. The van der Waals surface area contributed by atoms with Crippen molar-refractivity contribution in [2.45, 2.75) is 6.54 Å². The first-order chi connectivity index (χ1) is 14.0. The Balaban J connectivity index is 1.75. The van der Waals surface area contributed by atoms with Crippen LogP contribution in [0.15, 0.2) is 54.7 Å². The van der Waals surface area contributed by atoms with Crippen LogP contribution in [0.2, 0.25) is 0 Å². The highest BCUT2D eigenvalue weighted by Crippen LogP contribution is 2.24. The zero-order valence-electron chi connectivity index (χ0n) is 16.1. The third-order valence-corrected chi connectivity index (χ3v) is 4.35. The number of carbonyl (C=O) groups is 1. The number of amides is 1. The minimum Gasteiger partial charge on any atom is -0.364 e. The maximum atomic E-state index is 11.7. The van der Waals surface area contributed by atoms with Gasteiger partial charge in [0.15, 0.2) is 5.82 Å². The maximum absolute atomic E-state index is 11.7. The smallest absolute Gasteiger partial charge is 0.267 e. The van der Waals surface area contributed by atoms with Crippen LogP contribution in [0, 0.1) is 0 Å². The molecule has 0 atom stereocenters. The van der Waals surface area contributed by atoms with Crippen LogP contribution in [-0.2, 0) is 6.54 Å². The lowest BCUT2D eigenvalue weighted by Gasteiger charge is -2.13. The molecule has 0 unspecified atom stereocenters. The van der Waals surface area contributed by atoms with Gasteiger partial charge in [-0.3, -0.25) is 4.79 Å². The van der Waals surface area contributed by atoms with Crippen LogP contribution in [-0.4, -0.2) is 44.6 Å². The average molecular weight is 388 g/mol. The highest BCUT2D eigenvalue weighted by Gasteiger charge is 2.16. The van der Waals surface area contributed by atoms with E-state index in [-0.39, 0.29) is 5.69 Å². The van der Waals surface area contributed by atoms with Crippen molar-refractivity contribution in [2.75, 3.05) is 24.3 Å². The van der Waals surface area contributed by atoms with Crippen molar-refractivity contribution in [1.82, 2.24) is 24.6 Å². The lowest BCUT2D eigenvalue weighted by atomic mass is 10.2. The molecule has 3 aromatic heterocycles. The van der Waals surface area contributed by atoms with Crippen molar-refractivity contribution < 1.29 is 4.79 Å². The van der Waals surface area contributed by atoms with Gasteiger partial charge in [-0.2, -0.15) is 20.1 Å². The fourth-order valence-electron chi connectivity index (χ4n) is 2.91. The summed E-state index contributed by atoms with van der Waals surface area (Å²) in [7, 11) is 3.72. The normalized spacial score (nSPS) is 10.8. The van der Waals surface area contributed by atoms with Gasteiger partial charge in [0, 0.05) is 20.6 Å². The van der Waals surface area contributed by atoms with E-state index < -0.39 is 5.91 Å². The predicted octanol–water partition coefficient (Wildman–Crippen LogP) is 1.96. The van der Waals surface area contributed by atoms with Gasteiger partial charge in [0.05, 0.1) is 17.3 Å². The van der Waals surface area contributed by atoms with E-state index in [0.29, 0.717) is 35.3 Å². The van der Waals surface area contributed by atoms with Gasteiger partial charge in [-0.05, 0) is 17.7 Å². The van der Waals surface area contributed by atoms with Crippen molar-refractivity contribution >= 4 is 23.3 Å². The Bertz CT molecular complexity index is 1170. The number of carbonyl (C=O) groups excluding carboxylic acids is 1. The number of fused-ring (bicyclic) bond motifs is 1. The number of rotatable bonds is 6. The van der Waals surface area contributed by atoms with Gasteiger partial charge >= 0.3 is 0 Å². The van der Waals surface area contributed by atoms with Crippen LogP contribution in [0.25, 0.3) is 16.9 Å². The highest BCUT2D eigenvalue weighted by atomic mass is 16.1. The van der Waals surface area contributed by atoms with Gasteiger partial charge in [-0.15, -0.1) is 0 Å². The molecule has 0 aliphatic carbocycles. The predicted molar refractivity (Wildman–Crippen MR) is 111 cm³/mol. The lowest BCUT2D eigenvalue weighted by molar-refractivity contribution is 0.0993. The number of nitrogens with two attached hydrogens (primary N) is 1. The molecule has 0 radical (unpaired) electrons. The van der Waals surface area contributed by atoms with E-state index >= 15 is 0 Å². The Morgan fingerprint density at radius 2 is 1.86 bits per heavy atom. The summed E-state index contributed by atoms with van der Waals surface area (Å²) in [4.78, 5) is 27.1. The fourth-order valence-corrected chi connectivity index (χ4v) is 2.91. The molecular formula is C20H20N8O. The van der Waals surface area contributed by atoms with E-state index in [1.54, 1.807) is 23.2 Å². The van der Waals surface area contributed by atoms with Crippen LogP contribution in [0.4, 0.5) is 11.9 Å². The van der Waals surface area contributed by atoms with Crippen LogP contribution in [0.5, 0.6) is 0 Å². The Labute approximate surface area is 167 Å². The second-order valence-electron chi connectivity index (χ2n) is 6.65. The summed E-state index contributed by atoms with van der Waals surface area (Å²) < 4.78 is 1.49. The van der Waals surface area contributed by atoms with Crippen molar-refractivity contribution in [1.29, 1.82) is 0 Å². The molecule has 1 aromatic carbocycles. The fraction of sp³-hybridized carbons (Fsp3) is 0.150. The van der Waals surface area contributed by atoms with E-state index in [1.807, 2.05) is 50.5 Å². The molecule has 0 aliphatic rings. The number of hydrogen-bond acceptors (Lipinski definition) is 7. The number of hydrogen-bond donors (Lipinski definition) is 2. The molecule has 0 saturated heterocycles. The molecule has 9 heteroatoms. The molecule has 0 bridgehead atoms. The number of nitrogens with one attached hydrogen (secondary N) is 1. The first-order valence-electron chi connectivity index (χ1n) is 9.01. The van der Waals surface area contributed by atoms with Gasteiger partial charge in [0.25, 0.3) is 5.91 Å². The first-order valence-corrected chi connectivity index (χ1v) is 9.01. The van der Waals surface area contributed by atoms with E-state index in [1.165, 1.54) is 4.52 Å². The van der Waals surface area contributed by atoms with E-state index in [0.717, 1.165) is 5.56 Å². The molecule has 4 aromatic rings. The standard InChI is InChI=1S/C20H20N8O/c1-27(2)20-25-18(24-19(26-20)22-11-13-7-4-3-5-8-13)14-12-23-28-15(14)9-6-10-16(28)17(21)29/h3-10,12H,11H2,1-2H3,(H2,21,29)(H,22,24,25,26). The summed E-state index contributed by atoms with van der Waals surface area (Å²) in [6.07, 6.45) is 1.62. The summed E-state index contributed by atoms with van der Waals surface area (Å²) in [5.74, 6) is 0.861. The minimum absolute atomic E-state index is 0.290. The molecule has 0 fully saturated rings. The quantitative estimate of drug-likeness (QED) is 0.519. The number of primary amides is 1. The molecule has 9 nitrogen and oxygen atoms in total. The Morgan fingerprint density at radius 1 is 1.07 bits per heavy atom. The third-order valence-electron chi connectivity index (χ3n) is 4.35. The van der Waals surface area contributed by atoms with Crippen LogP contribution < -0.4 is 16.0 Å². The molecule has 3 N–H and O–H groups in total. The molecule has 29 heavy (non-hydrogen) atoms. The van der Waals surface area contributed by atoms with Gasteiger partial charge in [0.1, 0.15) is 5.69 Å². The Kier molecular flexibility index (Phi) is 4.78. The van der Waals surface area contributed by atoms with Gasteiger partial charge in [0.2, 0.25) is 11.9 Å². The number of nitrogens with zero attached hydrogens (tertiary/aromatic N) is 6. The molecule has 3 heterocycles. The summed E-state index contributed by atoms with van der Waals surface area (Å²) >= 11 is 0. The molecule has 1 amide bonds. The summed E-state index contributed by atoms with van der Waals surface area (Å²) in [5.41, 5.74) is 8.22. The number of anilines is 2. The molecule has 146 valence electrons. The number of pyridine rings is 1. The molecule has 0 aliphatic heterocycles. The van der Waals surface area contributed by atoms with Crippen LogP contribution in [0.3, 0.4) is 0 Å². The summed E-state index contributed by atoms with van der Waals surface area (Å²) in [6.45, 7) is 0.581. The molecular weight excluding hydrogens is 368 g/mol. The van der Waals surface area contributed by atoms with Crippen LogP contribution in [0.1, 0.15) is 16.1 Å². The monoisotopic (exact) mass is 388 g/mol. The maximum Gasteiger partial charge on any atom is 0.267 e. The van der Waals surface area contributed by atoms with E-state index in [4.69, 9.17) is 5.73 Å². The topological polar surface area (TPSA) is 114 Å². The average Bonchev–Trinajstić information content (AvgIpc) is 3.17. The largest absolute Gasteiger partial charge is 0.364 e. The number of benzene rings is 1. The zero-order valence-corrected chi connectivity index (χ0v) is 16.1. The van der Waals surface area contributed by atoms with Gasteiger partial charge in [-0.1, -0.05) is 36.4 Å². The molecule has 4 rings (SSSR count). The molecule has 0 spiro atoms. The Hall–Kier alpha value is -4.01. The van der Waals surface area contributed by atoms with Crippen molar-refractivity contribution in [2.24, 2.45) is 5.73 Å². The van der Waals surface area contributed by atoms with Crippen LogP contribution >= 0.6 is 0 Å². The van der Waals surface area contributed by atoms with Gasteiger partial charge < -0.3 is 16.0 Å². The van der Waals surface area contributed by atoms with E-state index in [9.17, 15) is 4.79 Å². The van der Waals surface area contributed by atoms with Crippen molar-refractivity contribution in [3.8, 4) is 11.4 Å². The summed E-state index contributed by atoms with van der Waals surface area (Å²) in [5, 5.41) is 7.54. The van der Waals surface area contributed by atoms with Crippen molar-refractivity contribution in [3.05, 3.63) is 66.0 Å². The van der Waals surface area contributed by atoms with E-state index in [2.05, 4.69) is 25.4 Å². The minimum atomic E-state index is -0.555. The first kappa shape index (κ1) is 18.4. The SMILES string of the molecule is CN(C)c1nc(NCc2ccccc2)nc(-c2cnn3c(C(N)=O)cccc23)n1. The van der Waals surface area contributed by atoms with Crippen molar-refractivity contribution in [3.63, 3.8) is 0 Å². The highest BCUT2D eigenvalue weighted by molar-refractivity contribution is 5.92. The second-order valence-corrected chi connectivity index (χ2v) is 6.65. The Morgan fingerprint density at radius 3 is 2.59 bits per heavy atom. The lowest BCUT2D eigenvalue weighted by Crippen LogP contribution is -2.16. The third kappa shape index (κ3) is 3.70. The summed E-state index contributed by atoms with van der Waals surface area (Å²) in [6, 6.07) is 15.2. The number of aromatic nitrogens is 5. The zero-order chi connectivity index (χ0) is 20.4.